The molecular formula is C27H25ClF3N7OS. The third kappa shape index (κ3) is 6.34. The number of nitrogens with zero attached hydrogens (tertiary/aromatic N) is 6. The molecule has 13 heteroatoms. The van der Waals surface area contributed by atoms with E-state index < -0.39 is 11.7 Å². The van der Waals surface area contributed by atoms with Gasteiger partial charge in [-0.15, -0.1) is 0 Å². The molecule has 2 aromatic carbocycles. The zero-order valence-electron chi connectivity index (χ0n) is 21.7. The van der Waals surface area contributed by atoms with Crippen LogP contribution in [0, 0.1) is 13.8 Å². The van der Waals surface area contributed by atoms with Crippen molar-refractivity contribution in [1.29, 1.82) is 0 Å². The average molecular weight is 588 g/mol. The lowest BCUT2D eigenvalue weighted by molar-refractivity contribution is -0.137. The molecule has 0 unspecified atom stereocenters. The van der Waals surface area contributed by atoms with Crippen LogP contribution in [0.3, 0.4) is 0 Å². The van der Waals surface area contributed by atoms with E-state index in [-0.39, 0.29) is 18.2 Å². The molecule has 1 aliphatic rings. The Bertz CT molecular complexity index is 1520. The number of aryl methyl sites for hydroxylation is 2. The third-order valence-electron chi connectivity index (χ3n) is 6.53. The number of carbonyl (C=O) groups is 1. The van der Waals surface area contributed by atoms with Gasteiger partial charge in [-0.3, -0.25) is 10.1 Å². The third-order valence-corrected chi connectivity index (χ3v) is 7.83. The Hall–Kier alpha value is -3.77. The topological polar surface area (TPSA) is 87.1 Å². The van der Waals surface area contributed by atoms with Crippen molar-refractivity contribution in [3.63, 3.8) is 0 Å². The van der Waals surface area contributed by atoms with Gasteiger partial charge < -0.3 is 9.80 Å². The quantitative estimate of drug-likeness (QED) is 0.259. The summed E-state index contributed by atoms with van der Waals surface area (Å²) in [7, 11) is 0. The number of anilines is 4. The van der Waals surface area contributed by atoms with Crippen LogP contribution < -0.4 is 15.1 Å². The number of ketones is 1. The number of hydrogen-bond donors (Lipinski definition) is 1. The molecule has 2 aromatic heterocycles. The fraction of sp³-hybridized carbons (Fsp3) is 0.296. The number of piperazine rings is 1. The highest BCUT2D eigenvalue weighted by molar-refractivity contribution is 7.17. The minimum Gasteiger partial charge on any atom is -0.368 e. The van der Waals surface area contributed by atoms with Gasteiger partial charge in [0.2, 0.25) is 11.9 Å². The number of alkyl halides is 3. The van der Waals surface area contributed by atoms with Crippen LogP contribution in [0.15, 0.2) is 48.7 Å². The summed E-state index contributed by atoms with van der Waals surface area (Å²) in [5.74, 6) is 1.15. The minimum atomic E-state index is -4.39. The maximum absolute atomic E-state index is 13.1. The van der Waals surface area contributed by atoms with Crippen molar-refractivity contribution in [2.75, 3.05) is 41.3 Å². The number of nitrogens with one attached hydrogen (secondary N) is 1. The van der Waals surface area contributed by atoms with Gasteiger partial charge in [-0.2, -0.15) is 28.1 Å². The monoisotopic (exact) mass is 587 g/mol. The van der Waals surface area contributed by atoms with Crippen molar-refractivity contribution in [2.45, 2.75) is 26.4 Å². The molecule has 3 heterocycles. The summed E-state index contributed by atoms with van der Waals surface area (Å²) in [6, 6.07) is 10.9. The van der Waals surface area contributed by atoms with Crippen molar-refractivity contribution in [2.24, 2.45) is 0 Å². The molecule has 5 rings (SSSR count). The summed E-state index contributed by atoms with van der Waals surface area (Å²) in [4.78, 5) is 34.9. The second-order valence-electron chi connectivity index (χ2n) is 9.32. The minimum absolute atomic E-state index is 0.0899. The number of carbonyl (C=O) groups excluding carboxylic acids is 1. The number of aromatic nitrogens is 4. The summed E-state index contributed by atoms with van der Waals surface area (Å²) < 4.78 is 39.4. The van der Waals surface area contributed by atoms with Crippen LogP contribution >= 0.6 is 22.9 Å². The second kappa shape index (κ2) is 11.4. The van der Waals surface area contributed by atoms with Crippen molar-refractivity contribution in [1.82, 2.24) is 19.9 Å². The highest BCUT2D eigenvalue weighted by atomic mass is 35.5. The first kappa shape index (κ1) is 27.8. The van der Waals surface area contributed by atoms with E-state index in [4.69, 9.17) is 11.6 Å². The SMILES string of the molecule is Cc1nc(Nc2ncc(C(=O)Cc3c(C)cccc3Cl)s2)nc(N2CCN(c3cccc(C(F)(F)F)c3)CC2)n1. The van der Waals surface area contributed by atoms with Gasteiger partial charge >= 0.3 is 6.18 Å². The molecule has 40 heavy (non-hydrogen) atoms. The molecule has 0 atom stereocenters. The Morgan fingerprint density at radius 3 is 2.48 bits per heavy atom. The van der Waals surface area contributed by atoms with Gasteiger partial charge in [0.25, 0.3) is 0 Å². The van der Waals surface area contributed by atoms with E-state index in [2.05, 4.69) is 25.3 Å². The van der Waals surface area contributed by atoms with Crippen molar-refractivity contribution in [3.05, 3.63) is 81.1 Å². The Morgan fingerprint density at radius 1 is 1.02 bits per heavy atom. The second-order valence-corrected chi connectivity index (χ2v) is 10.8. The number of rotatable bonds is 7. The van der Waals surface area contributed by atoms with Crippen LogP contribution in [0.5, 0.6) is 0 Å². The molecule has 8 nitrogen and oxygen atoms in total. The smallest absolute Gasteiger partial charge is 0.368 e. The molecular weight excluding hydrogens is 563 g/mol. The van der Waals surface area contributed by atoms with E-state index in [1.807, 2.05) is 28.9 Å². The van der Waals surface area contributed by atoms with Gasteiger partial charge in [0, 0.05) is 43.3 Å². The molecule has 1 N–H and O–H groups in total. The molecule has 0 saturated carbocycles. The summed E-state index contributed by atoms with van der Waals surface area (Å²) in [6.07, 6.45) is -2.69. The lowest BCUT2D eigenvalue weighted by atomic mass is 10.0. The summed E-state index contributed by atoms with van der Waals surface area (Å²) in [6.45, 7) is 5.74. The molecule has 0 aliphatic carbocycles. The van der Waals surface area contributed by atoms with Crippen LogP contribution in [-0.4, -0.2) is 51.9 Å². The fourth-order valence-electron chi connectivity index (χ4n) is 4.40. The standard InChI is InChI=1S/C27H25ClF3N7OS/c1-16-5-3-8-21(28)20(16)14-22(39)23-15-32-26(40-23)36-24-33-17(2)34-25(35-24)38-11-9-37(10-12-38)19-7-4-6-18(13-19)27(29,30)31/h3-8,13,15H,9-12,14H2,1-2H3,(H,32,33,34,35,36). The average Bonchev–Trinajstić information content (AvgIpc) is 3.39. The predicted molar refractivity (Wildman–Crippen MR) is 150 cm³/mol. The number of benzene rings is 2. The first-order valence-electron chi connectivity index (χ1n) is 12.5. The number of halogens is 4. The van der Waals surface area contributed by atoms with Crippen molar-refractivity contribution < 1.29 is 18.0 Å². The van der Waals surface area contributed by atoms with E-state index in [0.29, 0.717) is 58.7 Å². The molecule has 0 radical (unpaired) electrons. The van der Waals surface area contributed by atoms with Crippen LogP contribution in [0.1, 0.15) is 32.2 Å². The van der Waals surface area contributed by atoms with Gasteiger partial charge in [-0.05, 0) is 49.2 Å². The summed E-state index contributed by atoms with van der Waals surface area (Å²) in [5, 5.41) is 4.08. The maximum Gasteiger partial charge on any atom is 0.416 e. The lowest BCUT2D eigenvalue weighted by Crippen LogP contribution is -2.47. The normalized spacial score (nSPS) is 13.9. The first-order chi connectivity index (χ1) is 19.1. The van der Waals surface area contributed by atoms with Crippen molar-refractivity contribution in [3.8, 4) is 0 Å². The van der Waals surface area contributed by atoms with E-state index in [0.717, 1.165) is 17.2 Å². The van der Waals surface area contributed by atoms with Crippen molar-refractivity contribution >= 4 is 51.4 Å². The lowest BCUT2D eigenvalue weighted by Gasteiger charge is -2.36. The first-order valence-corrected chi connectivity index (χ1v) is 13.7. The van der Waals surface area contributed by atoms with E-state index in [9.17, 15) is 18.0 Å². The highest BCUT2D eigenvalue weighted by Crippen LogP contribution is 2.32. The van der Waals surface area contributed by atoms with E-state index >= 15 is 0 Å². The van der Waals surface area contributed by atoms with Crippen LogP contribution in [0.2, 0.25) is 5.02 Å². The zero-order valence-corrected chi connectivity index (χ0v) is 23.2. The number of thiazole rings is 1. The number of Topliss-reactive ketones (excluding diaryl/α,β-unsaturated/α-hetero) is 1. The summed E-state index contributed by atoms with van der Waals surface area (Å²) in [5.41, 5.74) is 1.61. The Labute approximate surface area is 237 Å². The molecule has 0 spiro atoms. The number of hydrogen-bond acceptors (Lipinski definition) is 9. The molecule has 208 valence electrons. The molecule has 1 saturated heterocycles. The van der Waals surface area contributed by atoms with Gasteiger partial charge in [-0.1, -0.05) is 41.1 Å². The largest absolute Gasteiger partial charge is 0.416 e. The molecule has 0 amide bonds. The Balaban J connectivity index is 1.24. The fourth-order valence-corrected chi connectivity index (χ4v) is 5.44. The van der Waals surface area contributed by atoms with E-state index in [1.165, 1.54) is 29.7 Å². The van der Waals surface area contributed by atoms with E-state index in [1.54, 1.807) is 19.1 Å². The van der Waals surface area contributed by atoms with Gasteiger partial charge in [0.15, 0.2) is 10.9 Å². The van der Waals surface area contributed by atoms with Crippen LogP contribution in [0.25, 0.3) is 0 Å². The van der Waals surface area contributed by atoms with Gasteiger partial charge in [-0.25, -0.2) is 4.98 Å². The molecule has 4 aromatic rings. The van der Waals surface area contributed by atoms with Crippen LogP contribution in [0.4, 0.5) is 35.9 Å². The predicted octanol–water partition coefficient (Wildman–Crippen LogP) is 6.11. The highest BCUT2D eigenvalue weighted by Gasteiger charge is 2.31. The summed E-state index contributed by atoms with van der Waals surface area (Å²) >= 11 is 7.48. The molecule has 1 aliphatic heterocycles. The zero-order chi connectivity index (χ0) is 28.4. The maximum atomic E-state index is 13.1. The van der Waals surface area contributed by atoms with Gasteiger partial charge in [0.1, 0.15) is 5.82 Å². The van der Waals surface area contributed by atoms with Gasteiger partial charge in [0.05, 0.1) is 16.6 Å². The Morgan fingerprint density at radius 2 is 1.75 bits per heavy atom. The molecule has 1 fully saturated rings. The Kier molecular flexibility index (Phi) is 7.90. The molecule has 0 bridgehead atoms. The van der Waals surface area contributed by atoms with Crippen LogP contribution in [-0.2, 0) is 12.6 Å².